The Morgan fingerprint density at radius 1 is 0.474 bits per heavy atom. The van der Waals surface area contributed by atoms with Gasteiger partial charge in [0, 0.05) is 11.1 Å². The monoisotopic (exact) mass is 496 g/mol. The molecule has 0 unspecified atom stereocenters. The maximum Gasteiger partial charge on any atom is 0.0744 e. The van der Waals surface area contributed by atoms with Crippen LogP contribution >= 0.6 is 0 Å². The summed E-state index contributed by atoms with van der Waals surface area (Å²) in [6.07, 6.45) is 8.30. The summed E-state index contributed by atoms with van der Waals surface area (Å²) in [4.78, 5) is 10.4. The van der Waals surface area contributed by atoms with Crippen molar-refractivity contribution in [1.82, 2.24) is 0 Å². The number of hydrogen-bond acceptors (Lipinski definition) is 2. The largest absolute Gasteiger partial charge is 0.248 e. The summed E-state index contributed by atoms with van der Waals surface area (Å²) in [5.74, 6) is 0. The number of rotatable bonds is 8. The Labute approximate surface area is 227 Å². The highest BCUT2D eigenvalue weighted by Gasteiger charge is 2.25. The molecule has 0 amide bonds. The SMILES string of the molecule is CCC1=C(CC)/C(=C\c2ccccc2)N=C1c1cccc(C2=N/C(=C/c3ccccc3)C(CC)=C2CC)c1. The molecule has 0 radical (unpaired) electrons. The lowest BCUT2D eigenvalue weighted by atomic mass is 9.92. The summed E-state index contributed by atoms with van der Waals surface area (Å²) in [6.45, 7) is 8.94. The van der Waals surface area contributed by atoms with Crippen molar-refractivity contribution >= 4 is 23.6 Å². The van der Waals surface area contributed by atoms with E-state index < -0.39 is 0 Å². The van der Waals surface area contributed by atoms with Crippen LogP contribution in [0, 0.1) is 0 Å². The highest BCUT2D eigenvalue weighted by molar-refractivity contribution is 6.20. The highest BCUT2D eigenvalue weighted by Crippen LogP contribution is 2.36. The molecule has 0 atom stereocenters. The standard InChI is InChI=1S/C36H36N2/c1-5-29-31(7-3)35(37-33(29)22-25-16-11-9-12-17-25)27-20-15-21-28(24-27)36-32(8-4)30(6-2)34(38-36)23-26-18-13-10-14-19-26/h9-24H,5-8H2,1-4H3/b33-22+,34-23+. The fourth-order valence-corrected chi connectivity index (χ4v) is 5.60. The Morgan fingerprint density at radius 2 is 0.868 bits per heavy atom. The second-order valence-corrected chi connectivity index (χ2v) is 9.71. The topological polar surface area (TPSA) is 24.7 Å². The van der Waals surface area contributed by atoms with E-state index in [2.05, 4.69) is 125 Å². The fourth-order valence-electron chi connectivity index (χ4n) is 5.60. The molecule has 0 aliphatic carbocycles. The molecule has 5 rings (SSSR count). The van der Waals surface area contributed by atoms with Gasteiger partial charge in [-0.05, 0) is 77.3 Å². The summed E-state index contributed by atoms with van der Waals surface area (Å²) >= 11 is 0. The van der Waals surface area contributed by atoms with Crippen LogP contribution in [0.2, 0.25) is 0 Å². The van der Waals surface area contributed by atoms with E-state index in [9.17, 15) is 0 Å². The Hall–Kier alpha value is -4.04. The molecule has 3 aromatic carbocycles. The average Bonchev–Trinajstić information content (AvgIpc) is 3.51. The van der Waals surface area contributed by atoms with E-state index in [4.69, 9.17) is 9.98 Å². The van der Waals surface area contributed by atoms with Crippen molar-refractivity contribution in [2.45, 2.75) is 53.4 Å². The first-order valence-electron chi connectivity index (χ1n) is 13.9. The van der Waals surface area contributed by atoms with Gasteiger partial charge in [-0.2, -0.15) is 0 Å². The lowest BCUT2D eigenvalue weighted by Gasteiger charge is -2.11. The third kappa shape index (κ3) is 5.04. The molecule has 2 aliphatic heterocycles. The van der Waals surface area contributed by atoms with Crippen molar-refractivity contribution in [2.75, 3.05) is 0 Å². The van der Waals surface area contributed by atoms with Crippen LogP contribution < -0.4 is 0 Å². The van der Waals surface area contributed by atoms with Crippen LogP contribution in [-0.2, 0) is 0 Å². The second-order valence-electron chi connectivity index (χ2n) is 9.71. The molecule has 3 aromatic rings. The van der Waals surface area contributed by atoms with Crippen molar-refractivity contribution in [2.24, 2.45) is 9.98 Å². The molecule has 0 N–H and O–H groups in total. The lowest BCUT2D eigenvalue weighted by Crippen LogP contribution is -2.07. The minimum absolute atomic E-state index is 0.962. The Kier molecular flexibility index (Phi) is 7.79. The summed E-state index contributed by atoms with van der Waals surface area (Å²) in [5, 5.41) is 0. The van der Waals surface area contributed by atoms with Gasteiger partial charge >= 0.3 is 0 Å². The van der Waals surface area contributed by atoms with E-state index >= 15 is 0 Å². The van der Waals surface area contributed by atoms with Crippen molar-refractivity contribution in [3.05, 3.63) is 141 Å². The van der Waals surface area contributed by atoms with Crippen LogP contribution in [0.3, 0.4) is 0 Å². The molecule has 0 bridgehead atoms. The quantitative estimate of drug-likeness (QED) is 0.296. The van der Waals surface area contributed by atoms with Gasteiger partial charge < -0.3 is 0 Å². The van der Waals surface area contributed by atoms with E-state index in [1.54, 1.807) is 0 Å². The van der Waals surface area contributed by atoms with E-state index in [-0.39, 0.29) is 0 Å². The van der Waals surface area contributed by atoms with Crippen LogP contribution in [0.1, 0.15) is 75.6 Å². The van der Waals surface area contributed by atoms with Crippen molar-refractivity contribution in [3.8, 4) is 0 Å². The lowest BCUT2D eigenvalue weighted by molar-refractivity contribution is 1.06. The van der Waals surface area contributed by atoms with Crippen LogP contribution in [-0.4, -0.2) is 11.4 Å². The molecule has 38 heavy (non-hydrogen) atoms. The highest BCUT2D eigenvalue weighted by atomic mass is 14.8. The van der Waals surface area contributed by atoms with Gasteiger partial charge in [0.05, 0.1) is 22.8 Å². The molecule has 2 aliphatic rings. The molecule has 2 heteroatoms. The second kappa shape index (κ2) is 11.6. The third-order valence-electron chi connectivity index (χ3n) is 7.41. The maximum absolute atomic E-state index is 5.21. The van der Waals surface area contributed by atoms with Crippen molar-refractivity contribution < 1.29 is 0 Å². The predicted octanol–water partition coefficient (Wildman–Crippen LogP) is 9.61. The zero-order valence-corrected chi connectivity index (χ0v) is 23.0. The van der Waals surface area contributed by atoms with Crippen LogP contribution in [0.25, 0.3) is 12.2 Å². The zero-order chi connectivity index (χ0) is 26.5. The molecule has 2 nitrogen and oxygen atoms in total. The smallest absolute Gasteiger partial charge is 0.0744 e. The summed E-state index contributed by atoms with van der Waals surface area (Å²) in [6, 6.07) is 29.8. The van der Waals surface area contributed by atoms with E-state index in [0.717, 1.165) is 48.5 Å². The molecule has 0 saturated heterocycles. The fraction of sp³-hybridized carbons (Fsp3) is 0.222. The number of allylic oxidation sites excluding steroid dienone is 4. The van der Waals surface area contributed by atoms with Crippen molar-refractivity contribution in [3.63, 3.8) is 0 Å². The molecule has 0 spiro atoms. The van der Waals surface area contributed by atoms with Gasteiger partial charge in [-0.3, -0.25) is 0 Å². The minimum Gasteiger partial charge on any atom is -0.248 e. The van der Waals surface area contributed by atoms with Gasteiger partial charge in [-0.15, -0.1) is 0 Å². The number of benzene rings is 3. The molecular weight excluding hydrogens is 460 g/mol. The Bertz CT molecular complexity index is 1400. The molecule has 0 fully saturated rings. The predicted molar refractivity (Wildman–Crippen MR) is 164 cm³/mol. The van der Waals surface area contributed by atoms with Gasteiger partial charge in [0.25, 0.3) is 0 Å². The van der Waals surface area contributed by atoms with Crippen LogP contribution in [0.4, 0.5) is 0 Å². The first-order chi connectivity index (χ1) is 18.7. The molecule has 190 valence electrons. The molecular formula is C36H36N2. The summed E-state index contributed by atoms with van der Waals surface area (Å²) in [5.41, 5.74) is 14.5. The normalized spacial score (nSPS) is 17.6. The van der Waals surface area contributed by atoms with E-state index in [0.29, 0.717) is 0 Å². The van der Waals surface area contributed by atoms with Gasteiger partial charge in [0.2, 0.25) is 0 Å². The Balaban J connectivity index is 1.58. The molecule has 0 saturated carbocycles. The first-order valence-corrected chi connectivity index (χ1v) is 13.9. The average molecular weight is 497 g/mol. The maximum atomic E-state index is 5.21. The van der Waals surface area contributed by atoms with Gasteiger partial charge in [-0.25, -0.2) is 9.98 Å². The van der Waals surface area contributed by atoms with Gasteiger partial charge in [0.1, 0.15) is 0 Å². The summed E-state index contributed by atoms with van der Waals surface area (Å²) < 4.78 is 0. The van der Waals surface area contributed by atoms with E-state index in [1.807, 2.05) is 0 Å². The third-order valence-corrected chi connectivity index (χ3v) is 7.41. The minimum atomic E-state index is 0.962. The summed E-state index contributed by atoms with van der Waals surface area (Å²) in [7, 11) is 0. The Morgan fingerprint density at radius 3 is 1.24 bits per heavy atom. The van der Waals surface area contributed by atoms with Crippen LogP contribution in [0.5, 0.6) is 0 Å². The molecule has 2 heterocycles. The zero-order valence-electron chi connectivity index (χ0n) is 23.0. The number of nitrogens with zero attached hydrogens (tertiary/aromatic N) is 2. The first kappa shape index (κ1) is 25.6. The van der Waals surface area contributed by atoms with Crippen molar-refractivity contribution in [1.29, 1.82) is 0 Å². The molecule has 0 aromatic heterocycles. The number of hydrogen-bond donors (Lipinski definition) is 0. The van der Waals surface area contributed by atoms with E-state index in [1.165, 1.54) is 44.5 Å². The number of aliphatic imine (C=N–C) groups is 2. The van der Waals surface area contributed by atoms with Crippen LogP contribution in [0.15, 0.2) is 129 Å². The van der Waals surface area contributed by atoms with Gasteiger partial charge in [0.15, 0.2) is 0 Å². The van der Waals surface area contributed by atoms with Gasteiger partial charge in [-0.1, -0.05) is 107 Å².